The fourth-order valence-electron chi connectivity index (χ4n) is 1.81. The molecule has 1 unspecified atom stereocenters. The minimum Gasteiger partial charge on any atom is -0.370 e. The number of aliphatic imine (C=N–C) groups is 1. The van der Waals surface area contributed by atoms with E-state index in [1.54, 1.807) is 6.92 Å². The van der Waals surface area contributed by atoms with Crippen LogP contribution in [0.5, 0.6) is 0 Å². The van der Waals surface area contributed by atoms with Crippen LogP contribution in [0.15, 0.2) is 4.99 Å². The zero-order valence-corrected chi connectivity index (χ0v) is 14.7. The van der Waals surface area contributed by atoms with E-state index >= 15 is 0 Å². The summed E-state index contributed by atoms with van der Waals surface area (Å²) in [5.74, 6) is 1.27. The first-order chi connectivity index (χ1) is 9.76. The summed E-state index contributed by atoms with van der Waals surface area (Å²) in [6.45, 7) is 9.07. The van der Waals surface area contributed by atoms with Gasteiger partial charge in [-0.1, -0.05) is 26.7 Å². The van der Waals surface area contributed by atoms with Crippen molar-refractivity contribution in [3.63, 3.8) is 0 Å². The average molecular weight is 321 g/mol. The van der Waals surface area contributed by atoms with Gasteiger partial charge in [-0.15, -0.1) is 0 Å². The van der Waals surface area contributed by atoms with Crippen LogP contribution in [0.3, 0.4) is 0 Å². The van der Waals surface area contributed by atoms with Crippen molar-refractivity contribution < 1.29 is 8.42 Å². The molecule has 6 nitrogen and oxygen atoms in total. The zero-order valence-electron chi connectivity index (χ0n) is 13.9. The smallest absolute Gasteiger partial charge is 0.211 e. The Morgan fingerprint density at radius 1 is 1.19 bits per heavy atom. The first kappa shape index (κ1) is 20.2. The van der Waals surface area contributed by atoms with Gasteiger partial charge in [-0.25, -0.2) is 13.1 Å². The Labute approximate surface area is 130 Å². The highest BCUT2D eigenvalue weighted by molar-refractivity contribution is 7.89. The Hall–Kier alpha value is -0.820. The molecule has 0 aliphatic carbocycles. The summed E-state index contributed by atoms with van der Waals surface area (Å²) in [6, 6.07) is 0.311. The van der Waals surface area contributed by atoms with Crippen molar-refractivity contribution in [1.82, 2.24) is 10.0 Å². The number of rotatable bonds is 11. The molecule has 0 aromatic heterocycles. The summed E-state index contributed by atoms with van der Waals surface area (Å²) in [5, 5.41) is 3.16. The topological polar surface area (TPSA) is 96.6 Å². The molecule has 0 saturated carbocycles. The standard InChI is InChI=1S/C14H32N4O2S/c1-5-21(19,20)17-11-7-10-16-14(15)18-13(4)9-6-8-12(2)3/h12-13,17H,5-11H2,1-4H3,(H3,15,16,18). The number of nitrogens with two attached hydrogens (primary N) is 1. The number of sulfonamides is 1. The summed E-state index contributed by atoms with van der Waals surface area (Å²) in [6.07, 6.45) is 4.12. The predicted octanol–water partition coefficient (Wildman–Crippen LogP) is 1.43. The fourth-order valence-corrected chi connectivity index (χ4v) is 2.47. The first-order valence-electron chi connectivity index (χ1n) is 7.80. The quantitative estimate of drug-likeness (QED) is 0.305. The Bertz CT molecular complexity index is 394. The lowest BCUT2D eigenvalue weighted by Crippen LogP contribution is -2.38. The minimum absolute atomic E-state index is 0.105. The van der Waals surface area contributed by atoms with Crippen molar-refractivity contribution in [2.45, 2.75) is 59.4 Å². The summed E-state index contributed by atoms with van der Waals surface area (Å²) in [7, 11) is -3.10. The van der Waals surface area contributed by atoms with Crippen LogP contribution in [0.4, 0.5) is 0 Å². The maximum absolute atomic E-state index is 11.2. The Morgan fingerprint density at radius 3 is 2.43 bits per heavy atom. The predicted molar refractivity (Wildman–Crippen MR) is 89.9 cm³/mol. The van der Waals surface area contributed by atoms with Crippen molar-refractivity contribution in [2.24, 2.45) is 16.6 Å². The molecule has 0 amide bonds. The molecule has 0 aromatic carbocycles. The van der Waals surface area contributed by atoms with E-state index in [1.165, 1.54) is 12.8 Å². The third-order valence-electron chi connectivity index (χ3n) is 3.13. The van der Waals surface area contributed by atoms with Crippen LogP contribution in [-0.2, 0) is 10.0 Å². The molecule has 1 atom stereocenters. The molecule has 0 rings (SSSR count). The van der Waals surface area contributed by atoms with E-state index in [0.717, 1.165) is 12.3 Å². The van der Waals surface area contributed by atoms with E-state index in [0.29, 0.717) is 31.5 Å². The van der Waals surface area contributed by atoms with Gasteiger partial charge in [0.25, 0.3) is 0 Å². The van der Waals surface area contributed by atoms with Crippen LogP contribution < -0.4 is 15.8 Å². The number of nitrogens with zero attached hydrogens (tertiary/aromatic N) is 1. The van der Waals surface area contributed by atoms with E-state index in [1.807, 2.05) is 0 Å². The number of hydrogen-bond donors (Lipinski definition) is 3. The number of guanidine groups is 1. The van der Waals surface area contributed by atoms with E-state index in [2.05, 4.69) is 35.8 Å². The molecule has 126 valence electrons. The second-order valence-electron chi connectivity index (χ2n) is 5.79. The second kappa shape index (κ2) is 10.8. The maximum Gasteiger partial charge on any atom is 0.211 e. The van der Waals surface area contributed by atoms with Gasteiger partial charge in [0.1, 0.15) is 0 Å². The lowest BCUT2D eigenvalue weighted by molar-refractivity contribution is 0.493. The molecular weight excluding hydrogens is 288 g/mol. The lowest BCUT2D eigenvalue weighted by Gasteiger charge is -2.15. The summed E-state index contributed by atoms with van der Waals surface area (Å²) < 4.78 is 24.9. The van der Waals surface area contributed by atoms with Gasteiger partial charge in [0.15, 0.2) is 5.96 Å². The van der Waals surface area contributed by atoms with Crippen LogP contribution in [0.2, 0.25) is 0 Å². The highest BCUT2D eigenvalue weighted by atomic mass is 32.2. The molecule has 0 fully saturated rings. The van der Waals surface area contributed by atoms with Crippen LogP contribution in [0.25, 0.3) is 0 Å². The van der Waals surface area contributed by atoms with Gasteiger partial charge in [-0.05, 0) is 32.6 Å². The van der Waals surface area contributed by atoms with Crippen molar-refractivity contribution in [3.05, 3.63) is 0 Å². The Kier molecular flexibility index (Phi) is 10.4. The minimum atomic E-state index is -3.10. The van der Waals surface area contributed by atoms with Gasteiger partial charge >= 0.3 is 0 Å². The van der Waals surface area contributed by atoms with Gasteiger partial charge in [-0.2, -0.15) is 0 Å². The SMILES string of the molecule is CCS(=O)(=O)NCCCN=C(N)NC(C)CCCC(C)C. The molecule has 4 N–H and O–H groups in total. The van der Waals surface area contributed by atoms with Crippen molar-refractivity contribution >= 4 is 16.0 Å². The van der Waals surface area contributed by atoms with Crippen molar-refractivity contribution in [1.29, 1.82) is 0 Å². The third kappa shape index (κ3) is 12.6. The zero-order chi connectivity index (χ0) is 16.3. The van der Waals surface area contributed by atoms with Gasteiger partial charge < -0.3 is 11.1 Å². The van der Waals surface area contributed by atoms with Gasteiger partial charge in [0.05, 0.1) is 5.75 Å². The van der Waals surface area contributed by atoms with Crippen LogP contribution in [0, 0.1) is 5.92 Å². The normalized spacial score (nSPS) is 14.4. The van der Waals surface area contributed by atoms with Crippen molar-refractivity contribution in [2.75, 3.05) is 18.8 Å². The second-order valence-corrected chi connectivity index (χ2v) is 7.88. The summed E-state index contributed by atoms with van der Waals surface area (Å²) in [4.78, 5) is 4.20. The van der Waals surface area contributed by atoms with E-state index in [9.17, 15) is 8.42 Å². The Morgan fingerprint density at radius 2 is 1.86 bits per heavy atom. The molecule has 0 radical (unpaired) electrons. The van der Waals surface area contributed by atoms with Gasteiger partial charge in [0.2, 0.25) is 10.0 Å². The molecule has 21 heavy (non-hydrogen) atoms. The molecule has 0 heterocycles. The molecule has 0 saturated heterocycles. The first-order valence-corrected chi connectivity index (χ1v) is 9.45. The molecule has 0 aliphatic heterocycles. The van der Waals surface area contributed by atoms with E-state index in [-0.39, 0.29) is 5.75 Å². The van der Waals surface area contributed by atoms with Gasteiger partial charge in [-0.3, -0.25) is 4.99 Å². The molecular formula is C14H32N4O2S. The van der Waals surface area contributed by atoms with E-state index < -0.39 is 10.0 Å². The van der Waals surface area contributed by atoms with Crippen LogP contribution in [0.1, 0.15) is 53.4 Å². The monoisotopic (exact) mass is 320 g/mol. The Balaban J connectivity index is 3.78. The highest BCUT2D eigenvalue weighted by Gasteiger charge is 2.05. The average Bonchev–Trinajstić information content (AvgIpc) is 2.37. The molecule has 0 bridgehead atoms. The third-order valence-corrected chi connectivity index (χ3v) is 4.54. The highest BCUT2D eigenvalue weighted by Crippen LogP contribution is 2.07. The van der Waals surface area contributed by atoms with Gasteiger partial charge in [0, 0.05) is 19.1 Å². The largest absolute Gasteiger partial charge is 0.370 e. The maximum atomic E-state index is 11.2. The van der Waals surface area contributed by atoms with Crippen LogP contribution >= 0.6 is 0 Å². The van der Waals surface area contributed by atoms with E-state index in [4.69, 9.17) is 5.73 Å². The number of nitrogens with one attached hydrogen (secondary N) is 2. The summed E-state index contributed by atoms with van der Waals surface area (Å²) in [5.41, 5.74) is 5.80. The molecule has 7 heteroatoms. The lowest BCUT2D eigenvalue weighted by atomic mass is 10.0. The van der Waals surface area contributed by atoms with Crippen LogP contribution in [-0.4, -0.2) is 39.3 Å². The molecule has 0 aliphatic rings. The summed E-state index contributed by atoms with van der Waals surface area (Å²) >= 11 is 0. The molecule has 0 spiro atoms. The number of hydrogen-bond acceptors (Lipinski definition) is 3. The fraction of sp³-hybridized carbons (Fsp3) is 0.929. The van der Waals surface area contributed by atoms with Crippen molar-refractivity contribution in [3.8, 4) is 0 Å². The molecule has 0 aromatic rings.